The summed E-state index contributed by atoms with van der Waals surface area (Å²) in [4.78, 5) is 0. The second-order valence-electron chi connectivity index (χ2n) is 4.54. The minimum Gasteiger partial charge on any atom is -0.373 e. The summed E-state index contributed by atoms with van der Waals surface area (Å²) >= 11 is 0. The summed E-state index contributed by atoms with van der Waals surface area (Å²) < 4.78 is 5.81. The fraction of sp³-hybridized carbons (Fsp3) is 0.500. The quantitative estimate of drug-likeness (QED) is 0.770. The first kappa shape index (κ1) is 8.45. The molecule has 2 heteroatoms. The highest BCUT2D eigenvalue weighted by atomic mass is 16.5. The van der Waals surface area contributed by atoms with Gasteiger partial charge in [0.1, 0.15) is 0 Å². The third kappa shape index (κ3) is 1.04. The molecule has 2 aliphatic heterocycles. The molecule has 74 valence electrons. The van der Waals surface area contributed by atoms with E-state index in [4.69, 9.17) is 10.5 Å². The minimum atomic E-state index is -0.0218. The first-order valence-corrected chi connectivity index (χ1v) is 5.25. The van der Waals surface area contributed by atoms with Gasteiger partial charge in [-0.1, -0.05) is 30.3 Å². The van der Waals surface area contributed by atoms with Crippen molar-refractivity contribution in [2.75, 3.05) is 6.61 Å². The van der Waals surface area contributed by atoms with E-state index >= 15 is 0 Å². The molecule has 0 aromatic heterocycles. The molecule has 1 atom stereocenters. The van der Waals surface area contributed by atoms with Crippen molar-refractivity contribution in [3.63, 3.8) is 0 Å². The largest absolute Gasteiger partial charge is 0.373 e. The molecular weight excluding hydrogens is 174 g/mol. The number of hydrogen-bond donors (Lipinski definition) is 1. The average molecular weight is 189 g/mol. The molecule has 1 unspecified atom stereocenters. The van der Waals surface area contributed by atoms with Gasteiger partial charge in [0.25, 0.3) is 0 Å². The van der Waals surface area contributed by atoms with Crippen LogP contribution in [-0.2, 0) is 4.74 Å². The molecule has 3 aliphatic rings. The predicted molar refractivity (Wildman–Crippen MR) is 54.8 cm³/mol. The fourth-order valence-corrected chi connectivity index (χ4v) is 2.74. The molecule has 3 fully saturated rings. The van der Waals surface area contributed by atoms with Crippen LogP contribution in [0.4, 0.5) is 0 Å². The molecule has 4 rings (SSSR count). The Balaban J connectivity index is 1.86. The maximum absolute atomic E-state index is 6.25. The highest BCUT2D eigenvalue weighted by Gasteiger charge is 2.55. The van der Waals surface area contributed by atoms with Crippen molar-refractivity contribution in [3.05, 3.63) is 35.9 Å². The third-order valence-corrected chi connectivity index (χ3v) is 3.60. The lowest BCUT2D eigenvalue weighted by molar-refractivity contribution is -0.0223. The van der Waals surface area contributed by atoms with Gasteiger partial charge in [0, 0.05) is 0 Å². The molecular formula is C12H15NO. The lowest BCUT2D eigenvalue weighted by Gasteiger charge is -2.41. The van der Waals surface area contributed by atoms with Gasteiger partial charge in [-0.2, -0.15) is 0 Å². The third-order valence-electron chi connectivity index (χ3n) is 3.60. The SMILES string of the molecule is NC(c1ccccc1)C12CC(CO1)C2. The molecule has 2 N–H and O–H groups in total. The van der Waals surface area contributed by atoms with Gasteiger partial charge in [0.05, 0.1) is 18.2 Å². The van der Waals surface area contributed by atoms with E-state index < -0.39 is 0 Å². The van der Waals surface area contributed by atoms with Crippen molar-refractivity contribution in [2.45, 2.75) is 24.5 Å². The fourth-order valence-electron chi connectivity index (χ4n) is 2.74. The van der Waals surface area contributed by atoms with E-state index in [1.165, 1.54) is 5.56 Å². The molecule has 1 aromatic rings. The zero-order chi connectivity index (χ0) is 9.60. The van der Waals surface area contributed by atoms with Crippen LogP contribution in [-0.4, -0.2) is 12.2 Å². The number of fused-ring (bicyclic) bond motifs is 1. The lowest BCUT2D eigenvalue weighted by Crippen LogP contribution is -2.46. The zero-order valence-electron chi connectivity index (χ0n) is 8.15. The second-order valence-corrected chi connectivity index (χ2v) is 4.54. The summed E-state index contributed by atoms with van der Waals surface area (Å²) in [5.74, 6) is 0.782. The van der Waals surface area contributed by atoms with Gasteiger partial charge in [-0.25, -0.2) is 0 Å². The summed E-state index contributed by atoms with van der Waals surface area (Å²) in [6.45, 7) is 0.917. The molecule has 2 heterocycles. The van der Waals surface area contributed by atoms with Crippen molar-refractivity contribution in [1.29, 1.82) is 0 Å². The standard InChI is InChI=1S/C12H15NO/c13-11(10-4-2-1-3-5-10)12-6-9(7-12)8-14-12/h1-5,9,11H,6-8,13H2. The van der Waals surface area contributed by atoms with Gasteiger partial charge in [-0.3, -0.25) is 0 Å². The Hall–Kier alpha value is -0.860. The Kier molecular flexibility index (Phi) is 1.70. The number of rotatable bonds is 2. The molecule has 1 saturated carbocycles. The van der Waals surface area contributed by atoms with Gasteiger partial charge in [-0.05, 0) is 24.3 Å². The average Bonchev–Trinajstić information content (AvgIpc) is 2.77. The van der Waals surface area contributed by atoms with E-state index in [-0.39, 0.29) is 11.6 Å². The predicted octanol–water partition coefficient (Wildman–Crippen LogP) is 1.87. The maximum atomic E-state index is 6.25. The van der Waals surface area contributed by atoms with Gasteiger partial charge in [0.15, 0.2) is 0 Å². The van der Waals surface area contributed by atoms with Crippen LogP contribution in [0, 0.1) is 5.92 Å². The Morgan fingerprint density at radius 3 is 2.57 bits per heavy atom. The van der Waals surface area contributed by atoms with Crippen LogP contribution in [0.15, 0.2) is 30.3 Å². The number of hydrogen-bond acceptors (Lipinski definition) is 2. The van der Waals surface area contributed by atoms with Crippen molar-refractivity contribution in [3.8, 4) is 0 Å². The molecule has 2 bridgehead atoms. The van der Waals surface area contributed by atoms with Gasteiger partial charge in [0.2, 0.25) is 0 Å². The van der Waals surface area contributed by atoms with E-state index in [2.05, 4.69) is 12.1 Å². The van der Waals surface area contributed by atoms with Gasteiger partial charge < -0.3 is 10.5 Å². The molecule has 1 aliphatic carbocycles. The van der Waals surface area contributed by atoms with Crippen molar-refractivity contribution < 1.29 is 4.74 Å². The monoisotopic (exact) mass is 189 g/mol. The van der Waals surface area contributed by atoms with E-state index in [1.54, 1.807) is 0 Å². The van der Waals surface area contributed by atoms with Crippen molar-refractivity contribution in [2.24, 2.45) is 11.7 Å². The lowest BCUT2D eigenvalue weighted by atomic mass is 9.69. The number of benzene rings is 1. The van der Waals surface area contributed by atoms with Crippen LogP contribution < -0.4 is 5.73 Å². The maximum Gasteiger partial charge on any atom is 0.0881 e. The molecule has 2 saturated heterocycles. The summed E-state index contributed by atoms with van der Waals surface area (Å²) in [5, 5.41) is 0. The molecule has 0 spiro atoms. The summed E-state index contributed by atoms with van der Waals surface area (Å²) in [6.07, 6.45) is 2.31. The highest BCUT2D eigenvalue weighted by Crippen LogP contribution is 2.53. The summed E-state index contributed by atoms with van der Waals surface area (Å²) in [6, 6.07) is 10.3. The number of nitrogens with two attached hydrogens (primary N) is 1. The first-order valence-electron chi connectivity index (χ1n) is 5.25. The smallest absolute Gasteiger partial charge is 0.0881 e. The van der Waals surface area contributed by atoms with Crippen molar-refractivity contribution >= 4 is 0 Å². The topological polar surface area (TPSA) is 35.2 Å². The summed E-state index contributed by atoms with van der Waals surface area (Å²) in [5.41, 5.74) is 7.43. The van der Waals surface area contributed by atoms with Crippen LogP contribution in [0.3, 0.4) is 0 Å². The zero-order valence-corrected chi connectivity index (χ0v) is 8.15. The van der Waals surface area contributed by atoms with E-state index in [9.17, 15) is 0 Å². The van der Waals surface area contributed by atoms with Crippen LogP contribution in [0.25, 0.3) is 0 Å². The molecule has 0 amide bonds. The van der Waals surface area contributed by atoms with Crippen molar-refractivity contribution in [1.82, 2.24) is 0 Å². The Morgan fingerprint density at radius 2 is 2.00 bits per heavy atom. The molecule has 0 radical (unpaired) electrons. The van der Waals surface area contributed by atoms with Crippen LogP contribution in [0.5, 0.6) is 0 Å². The Labute approximate surface area is 84.1 Å². The van der Waals surface area contributed by atoms with Crippen LogP contribution in [0.2, 0.25) is 0 Å². The number of ether oxygens (including phenoxy) is 1. The van der Waals surface area contributed by atoms with E-state index in [0.717, 1.165) is 25.4 Å². The van der Waals surface area contributed by atoms with Gasteiger partial charge in [-0.15, -0.1) is 0 Å². The summed E-state index contributed by atoms with van der Waals surface area (Å²) in [7, 11) is 0. The Bertz CT molecular complexity index is 324. The minimum absolute atomic E-state index is 0.0218. The normalized spacial score (nSPS) is 36.5. The highest BCUT2D eigenvalue weighted by molar-refractivity contribution is 5.25. The Morgan fingerprint density at radius 1 is 1.29 bits per heavy atom. The molecule has 14 heavy (non-hydrogen) atoms. The van der Waals surface area contributed by atoms with E-state index in [1.807, 2.05) is 18.2 Å². The van der Waals surface area contributed by atoms with Crippen LogP contribution >= 0.6 is 0 Å². The first-order chi connectivity index (χ1) is 6.80. The molecule has 1 aromatic carbocycles. The van der Waals surface area contributed by atoms with Crippen LogP contribution in [0.1, 0.15) is 24.4 Å². The second kappa shape index (κ2) is 2.81. The van der Waals surface area contributed by atoms with E-state index in [0.29, 0.717) is 0 Å². The molecule has 2 nitrogen and oxygen atoms in total. The van der Waals surface area contributed by atoms with Gasteiger partial charge >= 0.3 is 0 Å².